The van der Waals surface area contributed by atoms with Crippen molar-refractivity contribution in [1.82, 2.24) is 14.7 Å². The lowest BCUT2D eigenvalue weighted by molar-refractivity contribution is 0.0380. The fourth-order valence-electron chi connectivity index (χ4n) is 4.73. The highest BCUT2D eigenvalue weighted by Crippen LogP contribution is 2.36. The summed E-state index contributed by atoms with van der Waals surface area (Å²) in [6, 6.07) is 9.18. The number of ether oxygens (including phenoxy) is 1. The van der Waals surface area contributed by atoms with E-state index in [9.17, 15) is 9.59 Å². The molecule has 2 atom stereocenters. The zero-order valence-corrected chi connectivity index (χ0v) is 16.6. The number of carbonyl (C=O) groups excluding carboxylic acids is 1. The minimum absolute atomic E-state index is 0.129. The zero-order valence-electron chi connectivity index (χ0n) is 16.6. The predicted molar refractivity (Wildman–Crippen MR) is 107 cm³/mol. The van der Waals surface area contributed by atoms with Gasteiger partial charge in [-0.15, -0.1) is 0 Å². The number of amides is 1. The molecule has 6 heteroatoms. The number of hydrogen-bond donors (Lipinski definition) is 0. The van der Waals surface area contributed by atoms with Crippen LogP contribution in [0.2, 0.25) is 0 Å². The third-order valence-electron chi connectivity index (χ3n) is 6.17. The van der Waals surface area contributed by atoms with E-state index in [0.29, 0.717) is 11.6 Å². The summed E-state index contributed by atoms with van der Waals surface area (Å²) in [5.41, 5.74) is 1.51. The van der Waals surface area contributed by atoms with Gasteiger partial charge in [-0.1, -0.05) is 31.0 Å². The molecular formula is C22H27N3O3. The molecule has 148 valence electrons. The van der Waals surface area contributed by atoms with Crippen molar-refractivity contribution < 1.29 is 9.53 Å². The smallest absolute Gasteiger partial charge is 0.278 e. The molecule has 28 heavy (non-hydrogen) atoms. The molecule has 2 aromatic rings. The lowest BCUT2D eigenvalue weighted by Crippen LogP contribution is -2.50. The first-order valence-corrected chi connectivity index (χ1v) is 10.2. The standard InChI is InChI=1S/C22H27N3O3/c1-15-8-3-5-11-17(15)25-20(26)14-19(28-2)21(23-25)22(27)24-13-7-10-16-9-4-6-12-18(16)24/h3,5,8,11,14,16,18H,4,6-7,9-10,12-13H2,1-2H3/t16-,18-/m0/s1. The fraction of sp³-hybridized carbons (Fsp3) is 0.500. The van der Waals surface area contributed by atoms with Crippen LogP contribution in [0.4, 0.5) is 0 Å². The van der Waals surface area contributed by atoms with Crippen LogP contribution in [-0.2, 0) is 0 Å². The third kappa shape index (κ3) is 3.32. The largest absolute Gasteiger partial charge is 0.494 e. The van der Waals surface area contributed by atoms with Gasteiger partial charge in [-0.25, -0.2) is 0 Å². The SMILES string of the molecule is COc1cc(=O)n(-c2ccccc2C)nc1C(=O)N1CCC[C@@H]2CCCC[C@@H]21. The van der Waals surface area contributed by atoms with Crippen molar-refractivity contribution in [1.29, 1.82) is 0 Å². The van der Waals surface area contributed by atoms with Gasteiger partial charge in [-0.05, 0) is 50.2 Å². The first-order chi connectivity index (χ1) is 13.6. The molecule has 1 aromatic carbocycles. The van der Waals surface area contributed by atoms with Gasteiger partial charge in [0, 0.05) is 12.6 Å². The minimum atomic E-state index is -0.308. The number of methoxy groups -OCH3 is 1. The molecule has 1 saturated heterocycles. The van der Waals surface area contributed by atoms with E-state index in [1.807, 2.05) is 36.1 Å². The molecule has 2 heterocycles. The topological polar surface area (TPSA) is 64.4 Å². The number of aryl methyl sites for hydroxylation is 1. The quantitative estimate of drug-likeness (QED) is 0.818. The molecular weight excluding hydrogens is 354 g/mol. The number of para-hydroxylation sites is 1. The van der Waals surface area contributed by atoms with E-state index in [2.05, 4.69) is 5.10 Å². The van der Waals surface area contributed by atoms with Gasteiger partial charge in [0.15, 0.2) is 11.4 Å². The summed E-state index contributed by atoms with van der Waals surface area (Å²) in [7, 11) is 1.48. The number of fused-ring (bicyclic) bond motifs is 1. The van der Waals surface area contributed by atoms with E-state index in [1.54, 1.807) is 0 Å². The van der Waals surface area contributed by atoms with Crippen LogP contribution in [0, 0.1) is 12.8 Å². The summed E-state index contributed by atoms with van der Waals surface area (Å²) < 4.78 is 6.68. The number of carbonyl (C=O) groups is 1. The maximum Gasteiger partial charge on any atom is 0.278 e. The number of hydrogen-bond acceptors (Lipinski definition) is 4. The molecule has 1 aromatic heterocycles. The second kappa shape index (κ2) is 7.78. The normalized spacial score (nSPS) is 21.9. The molecule has 1 saturated carbocycles. The highest BCUT2D eigenvalue weighted by Gasteiger charge is 2.37. The van der Waals surface area contributed by atoms with Crippen LogP contribution in [-0.4, -0.2) is 40.3 Å². The van der Waals surface area contributed by atoms with Crippen LogP contribution in [0.5, 0.6) is 5.75 Å². The molecule has 1 aliphatic carbocycles. The predicted octanol–water partition coefficient (Wildman–Crippen LogP) is 3.34. The molecule has 0 radical (unpaired) electrons. The molecule has 1 aliphatic heterocycles. The van der Waals surface area contributed by atoms with Gasteiger partial charge in [0.2, 0.25) is 0 Å². The van der Waals surface area contributed by atoms with E-state index >= 15 is 0 Å². The summed E-state index contributed by atoms with van der Waals surface area (Å²) >= 11 is 0. The Hall–Kier alpha value is -2.63. The van der Waals surface area contributed by atoms with Crippen LogP contribution in [0.25, 0.3) is 5.69 Å². The lowest BCUT2D eigenvalue weighted by atomic mass is 9.78. The average molecular weight is 381 g/mol. The first kappa shape index (κ1) is 18.7. The maximum atomic E-state index is 13.5. The van der Waals surface area contributed by atoms with E-state index in [4.69, 9.17) is 4.74 Å². The Bertz CT molecular complexity index is 935. The summed E-state index contributed by atoms with van der Waals surface area (Å²) in [6.45, 7) is 2.67. The summed E-state index contributed by atoms with van der Waals surface area (Å²) in [5.74, 6) is 0.702. The third-order valence-corrected chi connectivity index (χ3v) is 6.17. The average Bonchev–Trinajstić information content (AvgIpc) is 2.73. The second-order valence-electron chi connectivity index (χ2n) is 7.85. The Balaban J connectivity index is 1.76. The van der Waals surface area contributed by atoms with Gasteiger partial charge >= 0.3 is 0 Å². The molecule has 6 nitrogen and oxygen atoms in total. The number of benzene rings is 1. The molecule has 0 bridgehead atoms. The molecule has 0 unspecified atom stereocenters. The zero-order chi connectivity index (χ0) is 19.7. The van der Waals surface area contributed by atoms with Crippen LogP contribution in [0.3, 0.4) is 0 Å². The summed E-state index contributed by atoms with van der Waals surface area (Å²) in [6.07, 6.45) is 6.88. The Morgan fingerprint density at radius 3 is 2.68 bits per heavy atom. The highest BCUT2D eigenvalue weighted by molar-refractivity contribution is 5.95. The van der Waals surface area contributed by atoms with Crippen LogP contribution in [0.1, 0.15) is 54.6 Å². The van der Waals surface area contributed by atoms with Crippen LogP contribution >= 0.6 is 0 Å². The molecule has 0 spiro atoms. The second-order valence-corrected chi connectivity index (χ2v) is 7.85. The van der Waals surface area contributed by atoms with Crippen LogP contribution < -0.4 is 10.3 Å². The van der Waals surface area contributed by atoms with Crippen molar-refractivity contribution in [2.45, 2.75) is 51.5 Å². The Kier molecular flexibility index (Phi) is 5.20. The van der Waals surface area contributed by atoms with E-state index < -0.39 is 0 Å². The van der Waals surface area contributed by atoms with Crippen molar-refractivity contribution in [3.8, 4) is 11.4 Å². The number of rotatable bonds is 3. The number of nitrogens with zero attached hydrogens (tertiary/aromatic N) is 3. The van der Waals surface area contributed by atoms with Crippen molar-refractivity contribution in [2.75, 3.05) is 13.7 Å². The van der Waals surface area contributed by atoms with E-state index in [-0.39, 0.29) is 29.0 Å². The number of piperidine rings is 1. The van der Waals surface area contributed by atoms with Gasteiger partial charge in [0.05, 0.1) is 18.9 Å². The van der Waals surface area contributed by atoms with E-state index in [1.165, 1.54) is 37.1 Å². The van der Waals surface area contributed by atoms with Crippen molar-refractivity contribution in [2.24, 2.45) is 5.92 Å². The maximum absolute atomic E-state index is 13.5. The Labute approximate surface area is 165 Å². The van der Waals surface area contributed by atoms with Crippen molar-refractivity contribution >= 4 is 5.91 Å². The van der Waals surface area contributed by atoms with Crippen molar-refractivity contribution in [3.63, 3.8) is 0 Å². The number of aromatic nitrogens is 2. The van der Waals surface area contributed by atoms with Gasteiger partial charge in [-0.3, -0.25) is 9.59 Å². The summed E-state index contributed by atoms with van der Waals surface area (Å²) in [4.78, 5) is 28.1. The van der Waals surface area contributed by atoms with Gasteiger partial charge in [0.1, 0.15) is 0 Å². The minimum Gasteiger partial charge on any atom is -0.494 e. The van der Waals surface area contributed by atoms with Gasteiger partial charge in [-0.2, -0.15) is 9.78 Å². The van der Waals surface area contributed by atoms with Gasteiger partial charge < -0.3 is 9.64 Å². The number of likely N-dealkylation sites (tertiary alicyclic amines) is 1. The Morgan fingerprint density at radius 2 is 1.89 bits per heavy atom. The van der Waals surface area contributed by atoms with Crippen molar-refractivity contribution in [3.05, 3.63) is 51.9 Å². The molecule has 2 aliphatic rings. The molecule has 0 N–H and O–H groups in total. The highest BCUT2D eigenvalue weighted by atomic mass is 16.5. The van der Waals surface area contributed by atoms with Gasteiger partial charge in [0.25, 0.3) is 11.5 Å². The monoisotopic (exact) mass is 381 g/mol. The Morgan fingerprint density at radius 1 is 1.14 bits per heavy atom. The lowest BCUT2D eigenvalue weighted by Gasteiger charge is -2.44. The molecule has 4 rings (SSSR count). The molecule has 2 fully saturated rings. The van der Waals surface area contributed by atoms with E-state index in [0.717, 1.165) is 31.4 Å². The first-order valence-electron chi connectivity index (χ1n) is 10.2. The molecule has 1 amide bonds. The fourth-order valence-corrected chi connectivity index (χ4v) is 4.73. The van der Waals surface area contributed by atoms with Crippen LogP contribution in [0.15, 0.2) is 35.1 Å². The summed E-state index contributed by atoms with van der Waals surface area (Å²) in [5, 5.41) is 4.47.